The lowest BCUT2D eigenvalue weighted by Crippen LogP contribution is -2.62. The Labute approximate surface area is 113 Å². The molecule has 0 aromatic rings. The molecule has 0 unspecified atom stereocenters. The summed E-state index contributed by atoms with van der Waals surface area (Å²) in [6, 6.07) is -0.280. The molecule has 0 aliphatic heterocycles. The first-order valence-corrected chi connectivity index (χ1v) is 6.92. The second-order valence-corrected chi connectivity index (χ2v) is 5.39. The molecular weight excluding hydrogens is 246 g/mol. The molecule has 19 heavy (non-hydrogen) atoms. The number of ether oxygens (including phenoxy) is 1. The van der Waals surface area contributed by atoms with Gasteiger partial charge in [0.1, 0.15) is 6.61 Å². The van der Waals surface area contributed by atoms with Gasteiger partial charge in [0, 0.05) is 6.04 Å². The zero-order valence-electron chi connectivity index (χ0n) is 11.0. The fraction of sp³-hybridized carbons (Fsp3) is 0.714. The Hall–Kier alpha value is -1.52. The Morgan fingerprint density at radius 1 is 1.26 bits per heavy atom. The van der Waals surface area contributed by atoms with Crippen molar-refractivity contribution in [3.05, 3.63) is 12.7 Å². The van der Waals surface area contributed by atoms with Gasteiger partial charge in [0.2, 0.25) is 0 Å². The average molecular weight is 267 g/mol. The van der Waals surface area contributed by atoms with Crippen LogP contribution in [0.1, 0.15) is 32.1 Å². The Morgan fingerprint density at radius 3 is 2.58 bits per heavy atom. The molecule has 0 saturated heterocycles. The fourth-order valence-electron chi connectivity index (χ4n) is 3.49. The summed E-state index contributed by atoms with van der Waals surface area (Å²) in [5.41, 5.74) is 0. The zero-order valence-corrected chi connectivity index (χ0v) is 11.0. The van der Waals surface area contributed by atoms with E-state index in [-0.39, 0.29) is 18.6 Å². The van der Waals surface area contributed by atoms with E-state index in [4.69, 9.17) is 4.74 Å². The molecule has 2 N–H and O–H groups in total. The van der Waals surface area contributed by atoms with Crippen molar-refractivity contribution in [3.8, 4) is 0 Å². The van der Waals surface area contributed by atoms with Gasteiger partial charge in [-0.3, -0.25) is 4.79 Å². The van der Waals surface area contributed by atoms with Crippen molar-refractivity contribution in [1.29, 1.82) is 0 Å². The third-order valence-electron chi connectivity index (χ3n) is 4.34. The van der Waals surface area contributed by atoms with Crippen LogP contribution in [-0.4, -0.2) is 29.8 Å². The summed E-state index contributed by atoms with van der Waals surface area (Å²) in [7, 11) is 0. The van der Waals surface area contributed by atoms with Crippen molar-refractivity contribution in [1.82, 2.24) is 5.32 Å². The number of carboxylic acid groups (broad SMARTS) is 1. The third-order valence-corrected chi connectivity index (χ3v) is 4.34. The van der Waals surface area contributed by atoms with Gasteiger partial charge >= 0.3 is 12.1 Å². The minimum atomic E-state index is -0.808. The molecule has 4 atom stereocenters. The molecule has 2 rings (SSSR count). The first-order valence-electron chi connectivity index (χ1n) is 6.92. The lowest BCUT2D eigenvalue weighted by atomic mass is 9.58. The number of alkyl carbamates (subject to hydrolysis) is 1. The highest BCUT2D eigenvalue weighted by Crippen LogP contribution is 2.48. The highest BCUT2D eigenvalue weighted by molar-refractivity contribution is 5.75. The van der Waals surface area contributed by atoms with Gasteiger partial charge in [-0.05, 0) is 24.7 Å². The quantitative estimate of drug-likeness (QED) is 0.765. The lowest BCUT2D eigenvalue weighted by Gasteiger charge is -2.49. The molecule has 106 valence electrons. The third kappa shape index (κ3) is 2.91. The van der Waals surface area contributed by atoms with E-state index in [1.165, 1.54) is 6.08 Å². The van der Waals surface area contributed by atoms with Crippen molar-refractivity contribution >= 4 is 12.1 Å². The van der Waals surface area contributed by atoms with Gasteiger partial charge < -0.3 is 15.2 Å². The van der Waals surface area contributed by atoms with E-state index in [1.54, 1.807) is 0 Å². The molecular formula is C14H21NO4. The molecule has 5 nitrogen and oxygen atoms in total. The molecule has 2 aliphatic carbocycles. The number of hydrogen-bond donors (Lipinski definition) is 2. The number of fused-ring (bicyclic) bond motifs is 1. The van der Waals surface area contributed by atoms with Crippen LogP contribution in [0.2, 0.25) is 0 Å². The predicted octanol–water partition coefficient (Wildman–Crippen LogP) is 2.18. The number of aliphatic carboxylic acids is 1. The molecule has 2 aliphatic rings. The van der Waals surface area contributed by atoms with Crippen LogP contribution in [0.3, 0.4) is 0 Å². The molecule has 5 heteroatoms. The normalized spacial score (nSPS) is 33.3. The number of rotatable bonds is 4. The summed E-state index contributed by atoms with van der Waals surface area (Å²) in [4.78, 5) is 22.9. The van der Waals surface area contributed by atoms with Gasteiger partial charge in [0.05, 0.1) is 5.92 Å². The molecule has 2 saturated carbocycles. The van der Waals surface area contributed by atoms with Crippen molar-refractivity contribution < 1.29 is 19.4 Å². The molecule has 0 spiro atoms. The van der Waals surface area contributed by atoms with Gasteiger partial charge in [0.15, 0.2) is 0 Å². The second-order valence-electron chi connectivity index (χ2n) is 5.39. The van der Waals surface area contributed by atoms with Gasteiger partial charge in [-0.25, -0.2) is 4.79 Å². The smallest absolute Gasteiger partial charge is 0.407 e. The molecule has 0 heterocycles. The highest BCUT2D eigenvalue weighted by Gasteiger charge is 2.54. The first kappa shape index (κ1) is 13.9. The Bertz CT molecular complexity index is 368. The van der Waals surface area contributed by atoms with Crippen molar-refractivity contribution in [2.75, 3.05) is 6.61 Å². The van der Waals surface area contributed by atoms with Crippen molar-refractivity contribution in [2.24, 2.45) is 17.8 Å². The predicted molar refractivity (Wildman–Crippen MR) is 69.7 cm³/mol. The number of nitrogens with one attached hydrogen (secondary N) is 1. The number of carbonyl (C=O) groups excluding carboxylic acids is 1. The lowest BCUT2D eigenvalue weighted by molar-refractivity contribution is -0.154. The van der Waals surface area contributed by atoms with Crippen LogP contribution in [0.25, 0.3) is 0 Å². The maximum absolute atomic E-state index is 11.6. The molecule has 0 aromatic heterocycles. The topological polar surface area (TPSA) is 75.6 Å². The monoisotopic (exact) mass is 267 g/mol. The van der Waals surface area contributed by atoms with E-state index in [2.05, 4.69) is 11.9 Å². The van der Waals surface area contributed by atoms with E-state index in [9.17, 15) is 14.7 Å². The second kappa shape index (κ2) is 6.08. The number of hydrogen-bond acceptors (Lipinski definition) is 3. The van der Waals surface area contributed by atoms with Gasteiger partial charge in [-0.1, -0.05) is 31.9 Å². The maximum atomic E-state index is 11.6. The fourth-order valence-corrected chi connectivity index (χ4v) is 3.49. The molecule has 2 fully saturated rings. The van der Waals surface area contributed by atoms with Gasteiger partial charge in [-0.15, -0.1) is 0 Å². The van der Waals surface area contributed by atoms with E-state index in [1.807, 2.05) is 0 Å². The minimum Gasteiger partial charge on any atom is -0.481 e. The van der Waals surface area contributed by atoms with Crippen molar-refractivity contribution in [2.45, 2.75) is 38.1 Å². The minimum absolute atomic E-state index is 0.143. The van der Waals surface area contributed by atoms with Crippen LogP contribution in [0.5, 0.6) is 0 Å². The summed E-state index contributed by atoms with van der Waals surface area (Å²) in [5.74, 6) is -0.763. The number of amides is 1. The Morgan fingerprint density at radius 2 is 1.95 bits per heavy atom. The SMILES string of the molecule is C=CCOC(=O)N[C@H]1[C@@H]2CCCCC[C@@H]2[C@@H]1C(=O)O. The van der Waals surface area contributed by atoms with Gasteiger partial charge in [-0.2, -0.15) is 0 Å². The maximum Gasteiger partial charge on any atom is 0.407 e. The van der Waals surface area contributed by atoms with Crippen LogP contribution in [0.15, 0.2) is 12.7 Å². The van der Waals surface area contributed by atoms with Crippen LogP contribution in [0.4, 0.5) is 4.79 Å². The van der Waals surface area contributed by atoms with Crippen LogP contribution in [-0.2, 0) is 9.53 Å². The van der Waals surface area contributed by atoms with E-state index >= 15 is 0 Å². The highest BCUT2D eigenvalue weighted by atomic mass is 16.5. The summed E-state index contributed by atoms with van der Waals surface area (Å²) in [6.07, 6.45) is 6.28. The van der Waals surface area contributed by atoms with Crippen LogP contribution in [0, 0.1) is 17.8 Å². The van der Waals surface area contributed by atoms with E-state index in [0.29, 0.717) is 5.92 Å². The Balaban J connectivity index is 1.98. The zero-order chi connectivity index (χ0) is 13.8. The summed E-state index contributed by atoms with van der Waals surface area (Å²) in [5, 5.41) is 12.0. The van der Waals surface area contributed by atoms with Crippen LogP contribution >= 0.6 is 0 Å². The van der Waals surface area contributed by atoms with E-state index < -0.39 is 18.0 Å². The number of carbonyl (C=O) groups is 2. The van der Waals surface area contributed by atoms with Gasteiger partial charge in [0.25, 0.3) is 0 Å². The average Bonchev–Trinajstić information content (AvgIpc) is 2.56. The standard InChI is InChI=1S/C14H21NO4/c1-2-8-19-14(18)15-12-10-7-5-3-4-6-9(10)11(12)13(16)17/h2,9-12H,1,3-8H2,(H,15,18)(H,16,17)/t9-,10+,11-,12-/m0/s1. The molecule has 0 radical (unpaired) electrons. The summed E-state index contributed by atoms with van der Waals surface area (Å²) >= 11 is 0. The van der Waals surface area contributed by atoms with Crippen molar-refractivity contribution in [3.63, 3.8) is 0 Å². The van der Waals surface area contributed by atoms with Crippen LogP contribution < -0.4 is 5.32 Å². The summed E-state index contributed by atoms with van der Waals surface area (Å²) in [6.45, 7) is 3.61. The Kier molecular flexibility index (Phi) is 4.45. The summed E-state index contributed by atoms with van der Waals surface area (Å²) < 4.78 is 4.88. The largest absolute Gasteiger partial charge is 0.481 e. The molecule has 0 aromatic carbocycles. The first-order chi connectivity index (χ1) is 9.15. The molecule has 0 bridgehead atoms. The number of carboxylic acids is 1. The van der Waals surface area contributed by atoms with E-state index in [0.717, 1.165) is 32.1 Å². The molecule has 1 amide bonds.